The third-order valence-electron chi connectivity index (χ3n) is 7.73. The molecular weight excluding hydrogens is 442 g/mol. The van der Waals surface area contributed by atoms with Gasteiger partial charge in [0, 0.05) is 0 Å². The zero-order valence-corrected chi connectivity index (χ0v) is 22.9. The highest BCUT2D eigenvalue weighted by Gasteiger charge is 2.17. The van der Waals surface area contributed by atoms with E-state index in [-0.39, 0.29) is 6.04 Å². The van der Waals surface area contributed by atoms with Gasteiger partial charge < -0.3 is 5.11 Å². The largest absolute Gasteiger partial charge is 0.508 e. The van der Waals surface area contributed by atoms with Gasteiger partial charge in [-0.1, -0.05) is 128 Å². The first-order valence-corrected chi connectivity index (χ1v) is 14.8. The molecule has 0 amide bonds. The molecule has 1 heterocycles. The van der Waals surface area contributed by atoms with Crippen LogP contribution in [0.5, 0.6) is 5.75 Å². The van der Waals surface area contributed by atoms with Crippen LogP contribution in [0.15, 0.2) is 48.5 Å². The standard InChI is InChI=1S/C32H49N3O/c1-3-5-6-7-8-9-10-11-12-13-17-27(4-2)18-16-19-29(26-28-22-24-30(36)25-23-28)35-33-31-20-14-15-21-32(31)34-35/h14-15,20-25,27,29,36H,3-13,16-19,26H2,1-2H3. The van der Waals surface area contributed by atoms with Gasteiger partial charge in [0.15, 0.2) is 0 Å². The highest BCUT2D eigenvalue weighted by molar-refractivity contribution is 5.73. The molecule has 0 fully saturated rings. The van der Waals surface area contributed by atoms with Crippen molar-refractivity contribution in [2.75, 3.05) is 0 Å². The fraction of sp³-hybridized carbons (Fsp3) is 0.625. The molecule has 3 rings (SSSR count). The number of phenolic OH excluding ortho intramolecular Hbond substituents is 1. The van der Waals surface area contributed by atoms with Crippen LogP contribution in [-0.4, -0.2) is 20.1 Å². The molecule has 2 aromatic carbocycles. The van der Waals surface area contributed by atoms with Gasteiger partial charge in [0.05, 0.1) is 6.04 Å². The van der Waals surface area contributed by atoms with Gasteiger partial charge in [0.25, 0.3) is 0 Å². The van der Waals surface area contributed by atoms with Gasteiger partial charge in [-0.05, 0) is 48.6 Å². The summed E-state index contributed by atoms with van der Waals surface area (Å²) in [6, 6.07) is 15.9. The number of fused-ring (bicyclic) bond motifs is 1. The summed E-state index contributed by atoms with van der Waals surface area (Å²) in [5.41, 5.74) is 3.14. The minimum absolute atomic E-state index is 0.233. The van der Waals surface area contributed by atoms with Crippen molar-refractivity contribution in [1.29, 1.82) is 0 Å². The van der Waals surface area contributed by atoms with Crippen LogP contribution in [0.1, 0.15) is 122 Å². The van der Waals surface area contributed by atoms with E-state index in [0.29, 0.717) is 5.75 Å². The van der Waals surface area contributed by atoms with E-state index in [4.69, 9.17) is 10.2 Å². The Kier molecular flexibility index (Phi) is 12.9. The minimum atomic E-state index is 0.233. The molecule has 0 aliphatic rings. The molecule has 4 heteroatoms. The topological polar surface area (TPSA) is 50.9 Å². The van der Waals surface area contributed by atoms with Crippen LogP contribution in [0.2, 0.25) is 0 Å². The Morgan fingerprint density at radius 3 is 1.81 bits per heavy atom. The van der Waals surface area contributed by atoms with E-state index in [1.165, 1.54) is 95.5 Å². The third-order valence-corrected chi connectivity index (χ3v) is 7.73. The molecule has 0 aliphatic heterocycles. The quantitative estimate of drug-likeness (QED) is 0.170. The molecule has 2 unspecified atom stereocenters. The Hall–Kier alpha value is -2.36. The predicted molar refractivity (Wildman–Crippen MR) is 152 cm³/mol. The summed E-state index contributed by atoms with van der Waals surface area (Å²) in [6.45, 7) is 4.65. The molecule has 0 radical (unpaired) electrons. The number of aromatic nitrogens is 3. The highest BCUT2D eigenvalue weighted by atomic mass is 16.3. The smallest absolute Gasteiger partial charge is 0.115 e. The summed E-state index contributed by atoms with van der Waals surface area (Å²) in [6.07, 6.45) is 21.2. The highest BCUT2D eigenvalue weighted by Crippen LogP contribution is 2.26. The van der Waals surface area contributed by atoms with Crippen molar-refractivity contribution in [1.82, 2.24) is 15.0 Å². The maximum absolute atomic E-state index is 9.67. The van der Waals surface area contributed by atoms with Gasteiger partial charge in [-0.2, -0.15) is 15.0 Å². The molecule has 4 nitrogen and oxygen atoms in total. The third kappa shape index (κ3) is 9.95. The fourth-order valence-electron chi connectivity index (χ4n) is 5.36. The first kappa shape index (κ1) is 28.2. The molecule has 0 saturated heterocycles. The second-order valence-corrected chi connectivity index (χ2v) is 10.7. The van der Waals surface area contributed by atoms with Crippen molar-refractivity contribution in [3.05, 3.63) is 54.1 Å². The number of benzene rings is 2. The van der Waals surface area contributed by atoms with Gasteiger partial charge >= 0.3 is 0 Å². The SMILES string of the molecule is CCCCCCCCCCCCC(CC)CCCC(Cc1ccc(O)cc1)n1nc2ccccc2n1. The van der Waals surface area contributed by atoms with E-state index >= 15 is 0 Å². The number of hydrogen-bond acceptors (Lipinski definition) is 3. The van der Waals surface area contributed by atoms with Gasteiger partial charge in [0.2, 0.25) is 0 Å². The van der Waals surface area contributed by atoms with E-state index in [9.17, 15) is 5.11 Å². The summed E-state index contributed by atoms with van der Waals surface area (Å²) in [4.78, 5) is 1.95. The first-order chi connectivity index (χ1) is 17.7. The van der Waals surface area contributed by atoms with E-state index < -0.39 is 0 Å². The summed E-state index contributed by atoms with van der Waals surface area (Å²) < 4.78 is 0. The molecule has 0 bridgehead atoms. The van der Waals surface area contributed by atoms with Crippen LogP contribution in [0.25, 0.3) is 11.0 Å². The molecule has 3 aromatic rings. The molecule has 0 aliphatic carbocycles. The first-order valence-electron chi connectivity index (χ1n) is 14.8. The molecule has 1 N–H and O–H groups in total. The van der Waals surface area contributed by atoms with Gasteiger partial charge in [0.1, 0.15) is 16.8 Å². The van der Waals surface area contributed by atoms with E-state index in [1.54, 1.807) is 12.1 Å². The number of unbranched alkanes of at least 4 members (excludes halogenated alkanes) is 9. The zero-order valence-electron chi connectivity index (χ0n) is 22.9. The van der Waals surface area contributed by atoms with Crippen LogP contribution in [0, 0.1) is 5.92 Å². The van der Waals surface area contributed by atoms with Crippen molar-refractivity contribution >= 4 is 11.0 Å². The second-order valence-electron chi connectivity index (χ2n) is 10.7. The lowest BCUT2D eigenvalue weighted by atomic mass is 9.91. The Balaban J connectivity index is 1.42. The van der Waals surface area contributed by atoms with Crippen LogP contribution in [-0.2, 0) is 6.42 Å². The minimum Gasteiger partial charge on any atom is -0.508 e. The number of aromatic hydroxyl groups is 1. The molecule has 2 atom stereocenters. The lowest BCUT2D eigenvalue weighted by Crippen LogP contribution is -2.16. The number of phenols is 1. The molecular formula is C32H49N3O. The van der Waals surface area contributed by atoms with Gasteiger partial charge in [-0.3, -0.25) is 0 Å². The van der Waals surface area contributed by atoms with Crippen LogP contribution in [0.3, 0.4) is 0 Å². The van der Waals surface area contributed by atoms with Gasteiger partial charge in [-0.15, -0.1) is 0 Å². The summed E-state index contributed by atoms with van der Waals surface area (Å²) >= 11 is 0. The van der Waals surface area contributed by atoms with Crippen molar-refractivity contribution in [2.24, 2.45) is 5.92 Å². The van der Waals surface area contributed by atoms with E-state index in [2.05, 4.69) is 13.8 Å². The van der Waals surface area contributed by atoms with Crippen molar-refractivity contribution in [2.45, 2.75) is 123 Å². The van der Waals surface area contributed by atoms with Gasteiger partial charge in [-0.25, -0.2) is 0 Å². The normalized spacial score (nSPS) is 13.3. The second kappa shape index (κ2) is 16.4. The molecule has 0 saturated carbocycles. The monoisotopic (exact) mass is 491 g/mol. The lowest BCUT2D eigenvalue weighted by Gasteiger charge is -2.19. The molecule has 36 heavy (non-hydrogen) atoms. The fourth-order valence-corrected chi connectivity index (χ4v) is 5.36. The maximum Gasteiger partial charge on any atom is 0.115 e. The van der Waals surface area contributed by atoms with E-state index in [1.807, 2.05) is 41.2 Å². The van der Waals surface area contributed by atoms with Crippen LogP contribution in [0.4, 0.5) is 0 Å². The van der Waals surface area contributed by atoms with Crippen molar-refractivity contribution in [3.63, 3.8) is 0 Å². The summed E-state index contributed by atoms with van der Waals surface area (Å²) in [7, 11) is 0. The average molecular weight is 492 g/mol. The average Bonchev–Trinajstić information content (AvgIpc) is 3.33. The maximum atomic E-state index is 9.67. The van der Waals surface area contributed by atoms with E-state index in [0.717, 1.165) is 29.8 Å². The Morgan fingerprint density at radius 1 is 0.667 bits per heavy atom. The Bertz CT molecular complexity index is 932. The Labute approximate surface area is 219 Å². The zero-order chi connectivity index (χ0) is 25.4. The van der Waals surface area contributed by atoms with Crippen molar-refractivity contribution < 1.29 is 5.11 Å². The van der Waals surface area contributed by atoms with Crippen LogP contribution < -0.4 is 0 Å². The van der Waals surface area contributed by atoms with Crippen molar-refractivity contribution in [3.8, 4) is 5.75 Å². The van der Waals surface area contributed by atoms with Crippen LogP contribution >= 0.6 is 0 Å². The Morgan fingerprint density at radius 2 is 1.22 bits per heavy atom. The number of hydrogen-bond donors (Lipinski definition) is 1. The predicted octanol–water partition coefficient (Wildman–Crippen LogP) is 9.43. The lowest BCUT2D eigenvalue weighted by molar-refractivity contribution is 0.337. The molecule has 0 spiro atoms. The summed E-state index contributed by atoms with van der Waals surface area (Å²) in [5.74, 6) is 1.15. The molecule has 198 valence electrons. The number of nitrogens with zero attached hydrogens (tertiary/aromatic N) is 3. The number of rotatable bonds is 19. The summed E-state index contributed by atoms with van der Waals surface area (Å²) in [5, 5.41) is 19.3. The molecule has 1 aromatic heterocycles.